The van der Waals surface area contributed by atoms with E-state index in [4.69, 9.17) is 0 Å². The molecule has 6 nitrogen and oxygen atoms in total. The fourth-order valence-electron chi connectivity index (χ4n) is 4.78. The molecule has 1 saturated heterocycles. The van der Waals surface area contributed by atoms with E-state index in [1.165, 1.54) is 0 Å². The molecule has 6 heteroatoms. The van der Waals surface area contributed by atoms with E-state index < -0.39 is 0 Å². The average Bonchev–Trinajstić information content (AvgIpc) is 3.13. The van der Waals surface area contributed by atoms with Crippen LogP contribution >= 0.6 is 0 Å². The molecular formula is C23H24N4O2. The van der Waals surface area contributed by atoms with Crippen LogP contribution in [0, 0.1) is 12.8 Å². The van der Waals surface area contributed by atoms with Crippen molar-refractivity contribution < 1.29 is 4.79 Å². The molecule has 4 heterocycles. The fraction of sp³-hybridized carbons (Fsp3) is 0.348. The second kappa shape index (κ2) is 7.03. The lowest BCUT2D eigenvalue weighted by Crippen LogP contribution is -2.49. The predicted octanol–water partition coefficient (Wildman–Crippen LogP) is 2.67. The summed E-state index contributed by atoms with van der Waals surface area (Å²) >= 11 is 0. The lowest BCUT2D eigenvalue weighted by atomic mass is 9.82. The van der Waals surface area contributed by atoms with Crippen LogP contribution in [0.2, 0.25) is 0 Å². The van der Waals surface area contributed by atoms with Crippen molar-refractivity contribution in [2.45, 2.75) is 32.4 Å². The molecule has 0 saturated carbocycles. The van der Waals surface area contributed by atoms with Gasteiger partial charge in [0.15, 0.2) is 0 Å². The van der Waals surface area contributed by atoms with E-state index in [0.717, 1.165) is 35.6 Å². The first-order valence-corrected chi connectivity index (χ1v) is 10.1. The van der Waals surface area contributed by atoms with Crippen LogP contribution in [0.15, 0.2) is 59.7 Å². The van der Waals surface area contributed by atoms with Crippen LogP contribution in [0.1, 0.15) is 23.9 Å². The van der Waals surface area contributed by atoms with E-state index in [-0.39, 0.29) is 17.4 Å². The number of aromatic nitrogens is 3. The van der Waals surface area contributed by atoms with Gasteiger partial charge in [0.1, 0.15) is 12.4 Å². The van der Waals surface area contributed by atoms with Crippen molar-refractivity contribution >= 4 is 5.91 Å². The van der Waals surface area contributed by atoms with Gasteiger partial charge in [0.2, 0.25) is 5.91 Å². The van der Waals surface area contributed by atoms with Gasteiger partial charge in [0.05, 0.1) is 0 Å². The first-order chi connectivity index (χ1) is 14.1. The van der Waals surface area contributed by atoms with E-state index in [9.17, 15) is 9.59 Å². The summed E-state index contributed by atoms with van der Waals surface area (Å²) < 4.78 is 3.81. The van der Waals surface area contributed by atoms with E-state index in [1.807, 2.05) is 57.5 Å². The maximum absolute atomic E-state index is 12.9. The third-order valence-corrected chi connectivity index (χ3v) is 6.25. The SMILES string of the molecule is Cc1nccn1CC(=O)N1C[C@@H]2C[C@H](C1)c1cc(-c3ccccc3)cc(=O)n1C2. The van der Waals surface area contributed by atoms with Gasteiger partial charge in [0, 0.05) is 49.7 Å². The van der Waals surface area contributed by atoms with Gasteiger partial charge >= 0.3 is 0 Å². The summed E-state index contributed by atoms with van der Waals surface area (Å²) in [5.74, 6) is 1.50. The molecule has 1 fully saturated rings. The van der Waals surface area contributed by atoms with E-state index >= 15 is 0 Å². The molecule has 0 N–H and O–H groups in total. The number of imidazole rings is 1. The number of likely N-dealkylation sites (tertiary alicyclic amines) is 1. The van der Waals surface area contributed by atoms with Crippen molar-refractivity contribution in [3.8, 4) is 11.1 Å². The highest BCUT2D eigenvalue weighted by Crippen LogP contribution is 2.36. The Morgan fingerprint density at radius 2 is 1.93 bits per heavy atom. The van der Waals surface area contributed by atoms with Gasteiger partial charge in [-0.3, -0.25) is 9.59 Å². The Kier molecular flexibility index (Phi) is 4.34. The third kappa shape index (κ3) is 3.28. The minimum atomic E-state index is 0.0601. The Morgan fingerprint density at radius 3 is 2.69 bits per heavy atom. The molecule has 0 spiro atoms. The number of rotatable bonds is 3. The van der Waals surface area contributed by atoms with Crippen molar-refractivity contribution in [1.29, 1.82) is 0 Å². The predicted molar refractivity (Wildman–Crippen MR) is 111 cm³/mol. The Hall–Kier alpha value is -3.15. The van der Waals surface area contributed by atoms with Crippen molar-refractivity contribution in [3.05, 3.63) is 76.7 Å². The Labute approximate surface area is 169 Å². The number of pyridine rings is 1. The summed E-state index contributed by atoms with van der Waals surface area (Å²) in [4.78, 5) is 31.9. The number of carbonyl (C=O) groups is 1. The number of aryl methyl sites for hydroxylation is 1. The van der Waals surface area contributed by atoms with Gasteiger partial charge in [-0.2, -0.15) is 0 Å². The van der Waals surface area contributed by atoms with Crippen LogP contribution in [0.5, 0.6) is 0 Å². The molecule has 1 amide bonds. The molecule has 2 atom stereocenters. The third-order valence-electron chi connectivity index (χ3n) is 6.25. The van der Waals surface area contributed by atoms with Crippen molar-refractivity contribution in [2.75, 3.05) is 13.1 Å². The molecule has 2 aromatic heterocycles. The minimum Gasteiger partial charge on any atom is -0.340 e. The van der Waals surface area contributed by atoms with Gasteiger partial charge in [-0.15, -0.1) is 0 Å². The maximum Gasteiger partial charge on any atom is 0.251 e. The lowest BCUT2D eigenvalue weighted by molar-refractivity contribution is -0.134. The van der Waals surface area contributed by atoms with Gasteiger partial charge in [-0.25, -0.2) is 4.98 Å². The molecular weight excluding hydrogens is 364 g/mol. The molecule has 2 bridgehead atoms. The van der Waals surface area contributed by atoms with Crippen LogP contribution in [-0.2, 0) is 17.9 Å². The monoisotopic (exact) mass is 388 g/mol. The highest BCUT2D eigenvalue weighted by Gasteiger charge is 2.36. The second-order valence-corrected chi connectivity index (χ2v) is 8.18. The zero-order chi connectivity index (χ0) is 20.0. The van der Waals surface area contributed by atoms with Gasteiger partial charge in [0.25, 0.3) is 5.56 Å². The van der Waals surface area contributed by atoms with E-state index in [0.29, 0.717) is 25.6 Å². The van der Waals surface area contributed by atoms with Crippen molar-refractivity contribution in [2.24, 2.45) is 5.92 Å². The zero-order valence-corrected chi connectivity index (χ0v) is 16.5. The standard InChI is InChI=1S/C23H24N4O2/c1-16-24-7-8-25(16)15-23(29)26-12-17-9-20(14-26)21-10-19(11-22(28)27(21)13-17)18-5-3-2-4-6-18/h2-8,10-11,17,20H,9,12-15H2,1H3/t17-,20+/m0/s1. The lowest BCUT2D eigenvalue weighted by Gasteiger charge is -2.43. The number of piperidine rings is 1. The molecule has 5 rings (SSSR count). The summed E-state index contributed by atoms with van der Waals surface area (Å²) in [6.07, 6.45) is 4.60. The molecule has 29 heavy (non-hydrogen) atoms. The second-order valence-electron chi connectivity index (χ2n) is 8.18. The van der Waals surface area contributed by atoms with E-state index in [1.54, 1.807) is 12.3 Å². The van der Waals surface area contributed by atoms with Gasteiger partial charge < -0.3 is 14.0 Å². The molecule has 148 valence electrons. The number of fused-ring (bicyclic) bond motifs is 4. The van der Waals surface area contributed by atoms with Crippen molar-refractivity contribution in [3.63, 3.8) is 0 Å². The molecule has 0 aliphatic carbocycles. The topological polar surface area (TPSA) is 60.1 Å². The van der Waals surface area contributed by atoms with Crippen LogP contribution in [-0.4, -0.2) is 38.0 Å². The Morgan fingerprint density at radius 1 is 1.10 bits per heavy atom. The van der Waals surface area contributed by atoms with Crippen LogP contribution in [0.4, 0.5) is 0 Å². The number of hydrogen-bond acceptors (Lipinski definition) is 3. The quantitative estimate of drug-likeness (QED) is 0.693. The number of amides is 1. The zero-order valence-electron chi connectivity index (χ0n) is 16.5. The van der Waals surface area contributed by atoms with Crippen LogP contribution < -0.4 is 5.56 Å². The normalized spacial score (nSPS) is 20.4. The highest BCUT2D eigenvalue weighted by atomic mass is 16.2. The van der Waals surface area contributed by atoms with Crippen molar-refractivity contribution in [1.82, 2.24) is 19.0 Å². The van der Waals surface area contributed by atoms with Crippen LogP contribution in [0.25, 0.3) is 11.1 Å². The molecule has 0 radical (unpaired) electrons. The number of nitrogens with zero attached hydrogens (tertiary/aromatic N) is 4. The summed E-state index contributed by atoms with van der Waals surface area (Å²) in [6, 6.07) is 13.9. The summed E-state index contributed by atoms with van der Waals surface area (Å²) in [7, 11) is 0. The average molecular weight is 388 g/mol. The summed E-state index contributed by atoms with van der Waals surface area (Å²) in [6.45, 7) is 4.30. The highest BCUT2D eigenvalue weighted by molar-refractivity contribution is 5.76. The first kappa shape index (κ1) is 17.9. The first-order valence-electron chi connectivity index (χ1n) is 10.1. The smallest absolute Gasteiger partial charge is 0.251 e. The van der Waals surface area contributed by atoms with Gasteiger partial charge in [-0.1, -0.05) is 30.3 Å². The molecule has 1 aromatic carbocycles. The Balaban J connectivity index is 1.43. The molecule has 2 aliphatic heterocycles. The Bertz CT molecular complexity index is 1120. The fourth-order valence-corrected chi connectivity index (χ4v) is 4.78. The number of hydrogen-bond donors (Lipinski definition) is 0. The molecule has 2 aliphatic rings. The minimum absolute atomic E-state index is 0.0601. The summed E-state index contributed by atoms with van der Waals surface area (Å²) in [5.41, 5.74) is 3.13. The van der Waals surface area contributed by atoms with Crippen LogP contribution in [0.3, 0.4) is 0 Å². The number of carbonyl (C=O) groups excluding carboxylic acids is 1. The maximum atomic E-state index is 12.9. The number of benzene rings is 1. The molecule has 0 unspecified atom stereocenters. The molecule has 3 aromatic rings. The largest absolute Gasteiger partial charge is 0.340 e. The summed E-state index contributed by atoms with van der Waals surface area (Å²) in [5, 5.41) is 0. The van der Waals surface area contributed by atoms with Gasteiger partial charge in [-0.05, 0) is 36.5 Å². The van der Waals surface area contributed by atoms with E-state index in [2.05, 4.69) is 11.1 Å².